The number of rotatable bonds is 6. The maximum atomic E-state index is 12.5. The Hall–Kier alpha value is -3.67. The summed E-state index contributed by atoms with van der Waals surface area (Å²) in [7, 11) is 1.60. The second kappa shape index (κ2) is 8.35. The molecule has 1 aromatic heterocycles. The molecule has 0 unspecified atom stereocenters. The van der Waals surface area contributed by atoms with Gasteiger partial charge in [-0.15, -0.1) is 0 Å². The van der Waals surface area contributed by atoms with Gasteiger partial charge in [0.05, 0.1) is 5.69 Å². The summed E-state index contributed by atoms with van der Waals surface area (Å²) in [6.07, 6.45) is 2.32. The number of hydrogen-bond acceptors (Lipinski definition) is 4. The van der Waals surface area contributed by atoms with E-state index in [0.717, 1.165) is 35.4 Å². The molecule has 0 radical (unpaired) electrons. The van der Waals surface area contributed by atoms with Crippen LogP contribution in [-0.2, 0) is 13.7 Å². The fourth-order valence-electron chi connectivity index (χ4n) is 4.46. The van der Waals surface area contributed by atoms with Crippen molar-refractivity contribution in [2.75, 3.05) is 0 Å². The Kier molecular flexibility index (Phi) is 5.36. The van der Waals surface area contributed by atoms with E-state index in [4.69, 9.17) is 4.74 Å². The van der Waals surface area contributed by atoms with Crippen LogP contribution >= 0.6 is 0 Å². The summed E-state index contributed by atoms with van der Waals surface area (Å²) in [6.45, 7) is 6.70. The molecule has 1 heterocycles. The largest absolute Gasteiger partial charge is 0.489 e. The second-order valence-corrected chi connectivity index (χ2v) is 9.00. The third-order valence-electron chi connectivity index (χ3n) is 6.39. The molecule has 5 rings (SSSR count). The van der Waals surface area contributed by atoms with Gasteiger partial charge in [-0.3, -0.25) is 0 Å². The van der Waals surface area contributed by atoms with E-state index in [2.05, 4.69) is 67.6 Å². The molecule has 0 amide bonds. The molecular formula is C27H28N4O2. The average Bonchev–Trinajstić information content (AvgIpc) is 3.58. The lowest BCUT2D eigenvalue weighted by Crippen LogP contribution is -2.23. The summed E-state index contributed by atoms with van der Waals surface area (Å²) in [5.74, 6) is 1.36. The molecule has 3 aromatic carbocycles. The van der Waals surface area contributed by atoms with Crippen LogP contribution in [0.1, 0.15) is 46.6 Å². The normalized spacial score (nSPS) is 13.3. The Morgan fingerprint density at radius 1 is 0.970 bits per heavy atom. The van der Waals surface area contributed by atoms with Crippen molar-refractivity contribution in [1.82, 2.24) is 19.8 Å². The minimum Gasteiger partial charge on any atom is -0.489 e. The summed E-state index contributed by atoms with van der Waals surface area (Å²) >= 11 is 0. The van der Waals surface area contributed by atoms with Gasteiger partial charge in [-0.05, 0) is 96.0 Å². The lowest BCUT2D eigenvalue weighted by atomic mass is 9.97. The lowest BCUT2D eigenvalue weighted by Gasteiger charge is -2.16. The van der Waals surface area contributed by atoms with E-state index in [0.29, 0.717) is 12.5 Å². The minimum atomic E-state index is -0.266. The second-order valence-electron chi connectivity index (χ2n) is 9.00. The SMILES string of the molecule is Cc1ccc(-c2ccc(OCc3c(C4CC4)cccc3-n3nnn(C)c3=O)c(C)c2)c(C)c1. The van der Waals surface area contributed by atoms with Crippen LogP contribution in [0, 0.1) is 20.8 Å². The molecule has 0 saturated heterocycles. The van der Waals surface area contributed by atoms with Crippen LogP contribution in [0.25, 0.3) is 16.8 Å². The first-order valence-electron chi connectivity index (χ1n) is 11.3. The molecule has 6 heteroatoms. The smallest absolute Gasteiger partial charge is 0.368 e. The average molecular weight is 441 g/mol. The van der Waals surface area contributed by atoms with Gasteiger partial charge in [0.2, 0.25) is 0 Å². The van der Waals surface area contributed by atoms with E-state index in [1.54, 1.807) is 7.05 Å². The fourth-order valence-corrected chi connectivity index (χ4v) is 4.46. The zero-order valence-electron chi connectivity index (χ0n) is 19.5. The van der Waals surface area contributed by atoms with Crippen LogP contribution in [0.5, 0.6) is 5.75 Å². The fraction of sp³-hybridized carbons (Fsp3) is 0.296. The number of ether oxygens (including phenoxy) is 1. The van der Waals surface area contributed by atoms with Gasteiger partial charge in [-0.1, -0.05) is 42.0 Å². The maximum Gasteiger partial charge on any atom is 0.368 e. The Bertz CT molecular complexity index is 1400. The zero-order chi connectivity index (χ0) is 23.1. The van der Waals surface area contributed by atoms with Gasteiger partial charge < -0.3 is 4.74 Å². The zero-order valence-corrected chi connectivity index (χ0v) is 19.5. The van der Waals surface area contributed by atoms with E-state index in [1.165, 1.54) is 37.2 Å². The van der Waals surface area contributed by atoms with Gasteiger partial charge in [-0.25, -0.2) is 4.79 Å². The lowest BCUT2D eigenvalue weighted by molar-refractivity contribution is 0.302. The predicted molar refractivity (Wildman–Crippen MR) is 129 cm³/mol. The van der Waals surface area contributed by atoms with Crippen molar-refractivity contribution < 1.29 is 4.74 Å². The van der Waals surface area contributed by atoms with Crippen LogP contribution in [0.2, 0.25) is 0 Å². The molecule has 1 saturated carbocycles. The van der Waals surface area contributed by atoms with Crippen molar-refractivity contribution in [2.45, 2.75) is 46.1 Å². The van der Waals surface area contributed by atoms with Gasteiger partial charge in [0.1, 0.15) is 12.4 Å². The molecule has 33 heavy (non-hydrogen) atoms. The van der Waals surface area contributed by atoms with E-state index in [1.807, 2.05) is 18.2 Å². The maximum absolute atomic E-state index is 12.5. The molecule has 1 aliphatic rings. The van der Waals surface area contributed by atoms with Crippen molar-refractivity contribution in [3.63, 3.8) is 0 Å². The molecule has 168 valence electrons. The topological polar surface area (TPSA) is 61.9 Å². The molecule has 0 N–H and O–H groups in total. The van der Waals surface area contributed by atoms with Crippen LogP contribution in [0.4, 0.5) is 0 Å². The van der Waals surface area contributed by atoms with Crippen molar-refractivity contribution in [1.29, 1.82) is 0 Å². The summed E-state index contributed by atoms with van der Waals surface area (Å²) in [4.78, 5) is 12.5. The molecule has 0 spiro atoms. The number of benzene rings is 3. The van der Waals surface area contributed by atoms with Crippen LogP contribution < -0.4 is 10.4 Å². The van der Waals surface area contributed by atoms with E-state index in [-0.39, 0.29) is 5.69 Å². The molecule has 0 atom stereocenters. The van der Waals surface area contributed by atoms with Gasteiger partial charge in [0, 0.05) is 12.6 Å². The first-order valence-corrected chi connectivity index (χ1v) is 11.3. The number of nitrogens with zero attached hydrogens (tertiary/aromatic N) is 4. The molecule has 4 aromatic rings. The molecule has 6 nitrogen and oxygen atoms in total. The quantitative estimate of drug-likeness (QED) is 0.423. The Morgan fingerprint density at radius 3 is 2.45 bits per heavy atom. The van der Waals surface area contributed by atoms with E-state index < -0.39 is 0 Å². The Balaban J connectivity index is 1.46. The third-order valence-corrected chi connectivity index (χ3v) is 6.39. The van der Waals surface area contributed by atoms with Gasteiger partial charge in [0.15, 0.2) is 0 Å². The summed E-state index contributed by atoms with van der Waals surface area (Å²) in [5.41, 5.74) is 8.73. The Labute approximate surface area is 193 Å². The molecular weight excluding hydrogens is 412 g/mol. The highest BCUT2D eigenvalue weighted by Gasteiger charge is 2.28. The van der Waals surface area contributed by atoms with Crippen LogP contribution in [0.15, 0.2) is 59.4 Å². The number of tetrazole rings is 1. The summed E-state index contributed by atoms with van der Waals surface area (Å²) in [6, 6.07) is 18.9. The third kappa shape index (κ3) is 4.09. The highest BCUT2D eigenvalue weighted by Crippen LogP contribution is 2.43. The number of aryl methyl sites for hydroxylation is 4. The van der Waals surface area contributed by atoms with Crippen molar-refractivity contribution in [3.8, 4) is 22.6 Å². The van der Waals surface area contributed by atoms with Crippen LogP contribution in [0.3, 0.4) is 0 Å². The standard InChI is InChI=1S/C27H28N4O2/c1-17-8-12-22(18(2)14-17)21-11-13-26(19(3)15-21)33-16-24-23(20-9-10-20)6-5-7-25(24)31-27(32)30(4)28-29-31/h5-8,11-15,20H,9-10,16H2,1-4H3. The van der Waals surface area contributed by atoms with Crippen molar-refractivity contribution >= 4 is 0 Å². The molecule has 1 aliphatic carbocycles. The highest BCUT2D eigenvalue weighted by molar-refractivity contribution is 5.69. The number of hydrogen-bond donors (Lipinski definition) is 0. The van der Waals surface area contributed by atoms with E-state index in [9.17, 15) is 4.79 Å². The van der Waals surface area contributed by atoms with Gasteiger partial charge in [0.25, 0.3) is 0 Å². The first kappa shape index (κ1) is 21.2. The highest BCUT2D eigenvalue weighted by atomic mass is 16.5. The Morgan fingerprint density at radius 2 is 1.79 bits per heavy atom. The molecule has 0 bridgehead atoms. The van der Waals surface area contributed by atoms with E-state index >= 15 is 0 Å². The number of aromatic nitrogens is 4. The molecule has 0 aliphatic heterocycles. The van der Waals surface area contributed by atoms with Gasteiger partial charge in [-0.2, -0.15) is 9.36 Å². The first-order chi connectivity index (χ1) is 15.9. The monoisotopic (exact) mass is 440 g/mol. The summed E-state index contributed by atoms with van der Waals surface area (Å²) in [5, 5.41) is 7.94. The molecule has 1 fully saturated rings. The predicted octanol–water partition coefficient (Wildman–Crippen LogP) is 5.01. The summed E-state index contributed by atoms with van der Waals surface area (Å²) < 4.78 is 8.92. The van der Waals surface area contributed by atoms with Crippen molar-refractivity contribution in [3.05, 3.63) is 92.9 Å². The van der Waals surface area contributed by atoms with Crippen molar-refractivity contribution in [2.24, 2.45) is 7.05 Å². The minimum absolute atomic E-state index is 0.266. The van der Waals surface area contributed by atoms with Crippen LogP contribution in [-0.4, -0.2) is 19.8 Å². The van der Waals surface area contributed by atoms with Gasteiger partial charge >= 0.3 is 5.69 Å².